The van der Waals surface area contributed by atoms with Gasteiger partial charge in [0.25, 0.3) is 12.0 Å². The van der Waals surface area contributed by atoms with E-state index in [1.54, 1.807) is 14.2 Å². The Morgan fingerprint density at radius 1 is 0.679 bits per heavy atom. The van der Waals surface area contributed by atoms with E-state index in [1.807, 2.05) is 27.7 Å². The van der Waals surface area contributed by atoms with E-state index in [9.17, 15) is 0 Å². The largest absolute Gasteiger partial charge is 0.473 e. The molecule has 166 valence electrons. The average molecular weight is 407 g/mol. The number of nitrogens with zero attached hydrogens (tertiary/aromatic N) is 2. The predicted molar refractivity (Wildman–Crippen MR) is 111 cm³/mol. The highest BCUT2D eigenvalue weighted by molar-refractivity contribution is 6.27. The summed E-state index contributed by atoms with van der Waals surface area (Å²) in [6, 6.07) is 2.53. The first-order valence-corrected chi connectivity index (χ1v) is 8.99. The molecule has 0 amide bonds. The quantitative estimate of drug-likeness (QED) is 0.315. The molecule has 0 aliphatic carbocycles. The second-order valence-corrected chi connectivity index (χ2v) is 6.67. The number of amidine groups is 2. The zero-order chi connectivity index (χ0) is 22.9. The van der Waals surface area contributed by atoms with Crippen LogP contribution in [0, 0.1) is 0 Å². The number of hydrogen-bond acceptors (Lipinski definition) is 6. The number of aliphatic imine (C=N–C) groups is 2. The molecular weight excluding hydrogens is 368 g/mol. The first-order chi connectivity index (χ1) is 12.8. The number of carboxylic acid groups (broad SMARTS) is 2. The number of carbonyl (C=O) groups is 2. The third-order valence-electron chi connectivity index (χ3n) is 2.14. The average Bonchev–Trinajstić information content (AvgIpc) is 2.52. The van der Waals surface area contributed by atoms with Crippen LogP contribution in [0.4, 0.5) is 0 Å². The Morgan fingerprint density at radius 2 is 0.929 bits per heavy atom. The summed E-state index contributed by atoms with van der Waals surface area (Å²) in [5.41, 5.74) is 0. The smallest absolute Gasteiger partial charge is 0.414 e. The summed E-state index contributed by atoms with van der Waals surface area (Å²) in [5.74, 6) is -3.65. The maximum absolute atomic E-state index is 9.10. The van der Waals surface area contributed by atoms with Crippen LogP contribution in [0.5, 0.6) is 0 Å². The van der Waals surface area contributed by atoms with Crippen molar-refractivity contribution in [3.63, 3.8) is 0 Å². The van der Waals surface area contributed by atoms with Crippen molar-refractivity contribution in [2.75, 3.05) is 14.2 Å². The second kappa shape index (κ2) is 17.9. The fraction of sp³-hybridized carbons (Fsp3) is 0.778. The number of hydrogen-bond donors (Lipinski definition) is 4. The minimum Gasteiger partial charge on any atom is -0.473 e. The third-order valence-corrected chi connectivity index (χ3v) is 2.14. The number of nitrogens with one attached hydrogen (secondary N) is 2. The molecule has 10 nitrogen and oxygen atoms in total. The van der Waals surface area contributed by atoms with Crippen LogP contribution < -0.4 is 10.6 Å². The van der Waals surface area contributed by atoms with Crippen LogP contribution in [-0.2, 0) is 19.1 Å². The van der Waals surface area contributed by atoms with Crippen molar-refractivity contribution in [3.8, 4) is 0 Å². The molecular formula is C18H38N4O6. The van der Waals surface area contributed by atoms with E-state index in [-0.39, 0.29) is 12.1 Å². The fourth-order valence-electron chi connectivity index (χ4n) is 1.26. The number of aliphatic carboxylic acids is 2. The van der Waals surface area contributed by atoms with E-state index in [4.69, 9.17) is 29.3 Å². The van der Waals surface area contributed by atoms with Gasteiger partial charge in [0.15, 0.2) is 0 Å². The van der Waals surface area contributed by atoms with Crippen molar-refractivity contribution in [2.24, 2.45) is 9.98 Å². The van der Waals surface area contributed by atoms with Gasteiger partial charge in [-0.05, 0) is 55.4 Å². The Hall–Kier alpha value is -2.52. The van der Waals surface area contributed by atoms with E-state index in [0.717, 1.165) is 0 Å². The summed E-state index contributed by atoms with van der Waals surface area (Å²) < 4.78 is 10.0. The van der Waals surface area contributed by atoms with Crippen LogP contribution in [-0.4, -0.2) is 72.6 Å². The highest BCUT2D eigenvalue weighted by Crippen LogP contribution is 1.89. The Bertz CT molecular complexity index is 444. The number of carboxylic acids is 2. The van der Waals surface area contributed by atoms with Crippen LogP contribution in [0.1, 0.15) is 55.4 Å². The molecule has 0 aromatic heterocycles. The van der Waals surface area contributed by atoms with Gasteiger partial charge in [0, 0.05) is 24.2 Å². The van der Waals surface area contributed by atoms with Gasteiger partial charge in [0.1, 0.15) is 0 Å². The maximum Gasteiger partial charge on any atom is 0.414 e. The zero-order valence-corrected chi connectivity index (χ0v) is 18.7. The van der Waals surface area contributed by atoms with Crippen molar-refractivity contribution in [2.45, 2.75) is 79.6 Å². The first kappa shape index (κ1) is 30.2. The molecule has 0 fully saturated rings. The van der Waals surface area contributed by atoms with Gasteiger partial charge >= 0.3 is 11.9 Å². The highest BCUT2D eigenvalue weighted by atomic mass is 16.5. The molecule has 10 heteroatoms. The molecule has 0 bridgehead atoms. The molecule has 0 saturated heterocycles. The van der Waals surface area contributed by atoms with Crippen molar-refractivity contribution in [1.29, 1.82) is 0 Å². The summed E-state index contributed by atoms with van der Waals surface area (Å²) in [4.78, 5) is 26.6. The summed E-state index contributed by atoms with van der Waals surface area (Å²) >= 11 is 0. The number of ether oxygens (including phenoxy) is 2. The Labute approximate surface area is 168 Å². The minimum absolute atomic E-state index is 0.274. The van der Waals surface area contributed by atoms with Crippen LogP contribution in [0.3, 0.4) is 0 Å². The van der Waals surface area contributed by atoms with Gasteiger partial charge in [0.2, 0.25) is 0 Å². The molecule has 28 heavy (non-hydrogen) atoms. The highest BCUT2D eigenvalue weighted by Gasteiger charge is 2.04. The SMILES string of the molecule is COC(=NC(C)C)NC(C)C.COC(=NC(C)C)NC(C)C.O=C(O)C(=O)O. The molecule has 0 aromatic rings. The lowest BCUT2D eigenvalue weighted by atomic mass is 10.4. The van der Waals surface area contributed by atoms with Gasteiger partial charge in [0.05, 0.1) is 14.2 Å². The summed E-state index contributed by atoms with van der Waals surface area (Å²) in [6.07, 6.45) is 0. The third kappa shape index (κ3) is 25.7. The van der Waals surface area contributed by atoms with Gasteiger partial charge in [-0.3, -0.25) is 0 Å². The summed E-state index contributed by atoms with van der Waals surface area (Å²) in [6.45, 7) is 16.3. The van der Waals surface area contributed by atoms with E-state index in [0.29, 0.717) is 24.1 Å². The Morgan fingerprint density at radius 3 is 1.04 bits per heavy atom. The van der Waals surface area contributed by atoms with Crippen molar-refractivity contribution < 1.29 is 29.3 Å². The van der Waals surface area contributed by atoms with Crippen LogP contribution in [0.15, 0.2) is 9.98 Å². The molecule has 0 atom stereocenters. The first-order valence-electron chi connectivity index (χ1n) is 8.99. The van der Waals surface area contributed by atoms with Crippen molar-refractivity contribution >= 4 is 24.0 Å². The van der Waals surface area contributed by atoms with Crippen LogP contribution in [0.2, 0.25) is 0 Å². The molecule has 0 aliphatic rings. The van der Waals surface area contributed by atoms with Gasteiger partial charge in [-0.25, -0.2) is 19.6 Å². The van der Waals surface area contributed by atoms with Crippen LogP contribution in [0.25, 0.3) is 0 Å². The molecule has 0 saturated carbocycles. The van der Waals surface area contributed by atoms with Gasteiger partial charge in [-0.1, -0.05) is 0 Å². The van der Waals surface area contributed by atoms with Crippen molar-refractivity contribution in [3.05, 3.63) is 0 Å². The molecule has 0 aliphatic heterocycles. The molecule has 0 radical (unpaired) electrons. The molecule has 0 heterocycles. The van der Waals surface area contributed by atoms with Gasteiger partial charge in [-0.15, -0.1) is 0 Å². The molecule has 0 rings (SSSR count). The summed E-state index contributed by atoms with van der Waals surface area (Å²) in [7, 11) is 3.24. The molecule has 4 N–H and O–H groups in total. The Balaban J connectivity index is -0.000000351. The number of methoxy groups -OCH3 is 2. The minimum atomic E-state index is -1.82. The zero-order valence-electron chi connectivity index (χ0n) is 18.7. The van der Waals surface area contributed by atoms with E-state index < -0.39 is 11.9 Å². The van der Waals surface area contributed by atoms with Gasteiger partial charge in [-0.2, -0.15) is 0 Å². The lowest BCUT2D eigenvalue weighted by Crippen LogP contribution is -2.32. The van der Waals surface area contributed by atoms with Gasteiger partial charge < -0.3 is 30.3 Å². The normalized spacial score (nSPS) is 11.4. The lowest BCUT2D eigenvalue weighted by molar-refractivity contribution is -0.159. The monoisotopic (exact) mass is 406 g/mol. The van der Waals surface area contributed by atoms with E-state index in [1.165, 1.54) is 0 Å². The standard InChI is InChI=1S/2C8H18N2O.C2H2O4/c2*1-6(2)9-8(11-5)10-7(3)4;3-1(4)2(5)6/h2*6-7H,1-5H3,(H,9,10);(H,3,4)(H,5,6). The van der Waals surface area contributed by atoms with Crippen molar-refractivity contribution in [1.82, 2.24) is 10.6 Å². The lowest BCUT2D eigenvalue weighted by Gasteiger charge is -2.11. The van der Waals surface area contributed by atoms with E-state index in [2.05, 4.69) is 48.3 Å². The fourth-order valence-corrected chi connectivity index (χ4v) is 1.26. The molecule has 0 unspecified atom stereocenters. The predicted octanol–water partition coefficient (Wildman–Crippen LogP) is 1.95. The second-order valence-electron chi connectivity index (χ2n) is 6.67. The number of rotatable bonds is 4. The topological polar surface area (TPSA) is 142 Å². The maximum atomic E-state index is 9.10. The van der Waals surface area contributed by atoms with Crippen LogP contribution >= 0.6 is 0 Å². The molecule has 0 aromatic carbocycles. The Kier molecular flexibility index (Phi) is 19.3. The molecule has 0 spiro atoms. The summed E-state index contributed by atoms with van der Waals surface area (Å²) in [5, 5.41) is 21.0. The van der Waals surface area contributed by atoms with E-state index >= 15 is 0 Å².